The molecule has 0 saturated heterocycles. The van der Waals surface area contributed by atoms with Crippen molar-refractivity contribution < 1.29 is 17.6 Å². The minimum atomic E-state index is -3.86. The third kappa shape index (κ3) is 3.91. The molecular formula is C25H22FN3O3S. The zero-order valence-corrected chi connectivity index (χ0v) is 19.0. The maximum absolute atomic E-state index is 14.7. The van der Waals surface area contributed by atoms with Gasteiger partial charge in [0.2, 0.25) is 0 Å². The Hall–Kier alpha value is -3.52. The summed E-state index contributed by atoms with van der Waals surface area (Å²) in [4.78, 5) is 12.6. The van der Waals surface area contributed by atoms with Crippen LogP contribution in [0.5, 0.6) is 0 Å². The van der Waals surface area contributed by atoms with Crippen LogP contribution in [0, 0.1) is 19.7 Å². The number of benzene rings is 3. The van der Waals surface area contributed by atoms with Crippen molar-refractivity contribution in [3.63, 3.8) is 0 Å². The van der Waals surface area contributed by atoms with Crippen LogP contribution in [0.3, 0.4) is 0 Å². The first kappa shape index (κ1) is 21.3. The first-order valence-electron chi connectivity index (χ1n) is 10.7. The number of hydrogen-bond acceptors (Lipinski definition) is 4. The standard InChI is InChI=1S/C25H22FN3O3S/c1-15-3-8-21(9-4-15)33(31,32)29-24-10-5-17(11-19(24)14-27-29)22-12-18(13-23(26)16(22)2)25(30)28-20-6-7-20/h3-5,8-14,20H,6-7H2,1-2H3,(H,28,30). The largest absolute Gasteiger partial charge is 0.349 e. The van der Waals surface area contributed by atoms with Crippen LogP contribution in [0.15, 0.2) is 65.7 Å². The monoisotopic (exact) mass is 463 g/mol. The van der Waals surface area contributed by atoms with Crippen LogP contribution in [-0.4, -0.2) is 29.6 Å². The van der Waals surface area contributed by atoms with Gasteiger partial charge in [-0.25, -0.2) is 4.39 Å². The molecule has 0 atom stereocenters. The van der Waals surface area contributed by atoms with Gasteiger partial charge in [-0.3, -0.25) is 4.79 Å². The van der Waals surface area contributed by atoms with Crippen molar-refractivity contribution in [2.75, 3.05) is 0 Å². The third-order valence-corrected chi connectivity index (χ3v) is 7.53. The number of nitrogens with zero attached hydrogens (tertiary/aromatic N) is 2. The molecular weight excluding hydrogens is 441 g/mol. The molecule has 5 rings (SSSR count). The van der Waals surface area contributed by atoms with Crippen LogP contribution in [0.4, 0.5) is 4.39 Å². The lowest BCUT2D eigenvalue weighted by molar-refractivity contribution is 0.0950. The van der Waals surface area contributed by atoms with Gasteiger partial charge in [0.05, 0.1) is 16.6 Å². The maximum atomic E-state index is 14.7. The molecule has 1 amide bonds. The molecule has 6 nitrogen and oxygen atoms in total. The number of amides is 1. The quantitative estimate of drug-likeness (QED) is 0.470. The van der Waals surface area contributed by atoms with Gasteiger partial charge < -0.3 is 5.32 Å². The molecule has 1 heterocycles. The summed E-state index contributed by atoms with van der Waals surface area (Å²) in [5.74, 6) is -0.762. The number of nitrogens with one attached hydrogen (secondary N) is 1. The summed E-state index contributed by atoms with van der Waals surface area (Å²) in [6.45, 7) is 3.54. The highest BCUT2D eigenvalue weighted by Gasteiger charge is 2.25. The Bertz CT molecular complexity index is 1500. The normalized spacial score (nSPS) is 13.9. The summed E-state index contributed by atoms with van der Waals surface area (Å²) in [5.41, 5.74) is 3.30. The van der Waals surface area contributed by atoms with E-state index in [1.807, 2.05) is 6.92 Å². The molecule has 1 aromatic heterocycles. The van der Waals surface area contributed by atoms with Crippen LogP contribution >= 0.6 is 0 Å². The molecule has 1 aliphatic rings. The van der Waals surface area contributed by atoms with Crippen LogP contribution in [0.1, 0.15) is 34.3 Å². The second-order valence-corrected chi connectivity index (χ2v) is 10.2. The molecule has 0 aliphatic heterocycles. The van der Waals surface area contributed by atoms with Gasteiger partial charge in [-0.05, 0) is 79.8 Å². The smallest absolute Gasteiger partial charge is 0.283 e. The van der Waals surface area contributed by atoms with Gasteiger partial charge >= 0.3 is 0 Å². The topological polar surface area (TPSA) is 81.1 Å². The summed E-state index contributed by atoms with van der Waals surface area (Å²) in [6.07, 6.45) is 3.36. The Balaban J connectivity index is 1.56. The van der Waals surface area contributed by atoms with E-state index in [0.29, 0.717) is 27.6 Å². The Morgan fingerprint density at radius 1 is 1.06 bits per heavy atom. The Kier molecular flexibility index (Phi) is 5.05. The molecule has 8 heteroatoms. The predicted octanol–water partition coefficient (Wildman–Crippen LogP) is 4.59. The van der Waals surface area contributed by atoms with E-state index in [-0.39, 0.29) is 22.4 Å². The summed E-state index contributed by atoms with van der Waals surface area (Å²) in [5, 5.41) is 7.59. The number of aromatic nitrogens is 2. The number of halogens is 1. The zero-order valence-electron chi connectivity index (χ0n) is 18.2. The zero-order chi connectivity index (χ0) is 23.3. The van der Waals surface area contributed by atoms with Crippen molar-refractivity contribution in [2.24, 2.45) is 0 Å². The first-order valence-corrected chi connectivity index (χ1v) is 12.1. The van der Waals surface area contributed by atoms with E-state index < -0.39 is 15.8 Å². The molecule has 0 radical (unpaired) electrons. The SMILES string of the molecule is Cc1ccc(S(=O)(=O)n2ncc3cc(-c4cc(C(=O)NC5CC5)cc(F)c4C)ccc32)cc1. The van der Waals surface area contributed by atoms with Gasteiger partial charge in [-0.1, -0.05) is 23.8 Å². The van der Waals surface area contributed by atoms with Crippen molar-refractivity contribution >= 4 is 26.8 Å². The first-order chi connectivity index (χ1) is 15.7. The Morgan fingerprint density at radius 2 is 1.79 bits per heavy atom. The minimum Gasteiger partial charge on any atom is -0.349 e. The molecule has 1 N–H and O–H groups in total. The second kappa shape index (κ2) is 7.81. The number of carbonyl (C=O) groups is 1. The molecule has 1 saturated carbocycles. The summed E-state index contributed by atoms with van der Waals surface area (Å²) < 4.78 is 41.8. The second-order valence-electron chi connectivity index (χ2n) is 8.46. The van der Waals surface area contributed by atoms with Crippen molar-refractivity contribution in [3.8, 4) is 11.1 Å². The molecule has 33 heavy (non-hydrogen) atoms. The Labute approximate surface area is 191 Å². The highest BCUT2D eigenvalue weighted by molar-refractivity contribution is 7.90. The average molecular weight is 464 g/mol. The van der Waals surface area contributed by atoms with Gasteiger partial charge in [0.1, 0.15) is 5.82 Å². The molecule has 1 aliphatic carbocycles. The summed E-state index contributed by atoms with van der Waals surface area (Å²) in [7, 11) is -3.86. The highest BCUT2D eigenvalue weighted by atomic mass is 32.2. The number of aryl methyl sites for hydroxylation is 1. The summed E-state index contributed by atoms with van der Waals surface area (Å²) >= 11 is 0. The lowest BCUT2D eigenvalue weighted by atomic mass is 9.96. The maximum Gasteiger partial charge on any atom is 0.283 e. The predicted molar refractivity (Wildman–Crippen MR) is 124 cm³/mol. The van der Waals surface area contributed by atoms with E-state index in [1.54, 1.807) is 55.5 Å². The fourth-order valence-electron chi connectivity index (χ4n) is 3.78. The van der Waals surface area contributed by atoms with Gasteiger partial charge in [-0.2, -0.15) is 17.6 Å². The van der Waals surface area contributed by atoms with E-state index >= 15 is 0 Å². The van der Waals surface area contributed by atoms with Gasteiger partial charge in [0.25, 0.3) is 15.9 Å². The fraction of sp³-hybridized carbons (Fsp3) is 0.200. The van der Waals surface area contributed by atoms with Crippen molar-refractivity contribution in [1.82, 2.24) is 14.5 Å². The molecule has 168 valence electrons. The third-order valence-electron chi connectivity index (χ3n) is 5.91. The van der Waals surface area contributed by atoms with Crippen LogP contribution in [0.2, 0.25) is 0 Å². The number of hydrogen-bond donors (Lipinski definition) is 1. The van der Waals surface area contributed by atoms with Crippen LogP contribution in [-0.2, 0) is 10.0 Å². The van der Waals surface area contributed by atoms with Gasteiger partial charge in [-0.15, -0.1) is 0 Å². The van der Waals surface area contributed by atoms with E-state index in [1.165, 1.54) is 12.3 Å². The molecule has 4 aromatic rings. The average Bonchev–Trinajstić information content (AvgIpc) is 3.50. The molecule has 0 spiro atoms. The molecule has 0 unspecified atom stereocenters. The molecule has 0 bridgehead atoms. The van der Waals surface area contributed by atoms with E-state index in [4.69, 9.17) is 0 Å². The lowest BCUT2D eigenvalue weighted by Crippen LogP contribution is -2.25. The van der Waals surface area contributed by atoms with Crippen molar-refractivity contribution in [1.29, 1.82) is 0 Å². The number of fused-ring (bicyclic) bond motifs is 1. The number of rotatable bonds is 5. The summed E-state index contributed by atoms with van der Waals surface area (Å²) in [6, 6.07) is 14.8. The molecule has 1 fully saturated rings. The Morgan fingerprint density at radius 3 is 2.48 bits per heavy atom. The highest BCUT2D eigenvalue weighted by Crippen LogP contribution is 2.31. The van der Waals surface area contributed by atoms with Crippen molar-refractivity contribution in [2.45, 2.75) is 37.6 Å². The molecule has 3 aromatic carbocycles. The van der Waals surface area contributed by atoms with E-state index in [0.717, 1.165) is 22.5 Å². The van der Waals surface area contributed by atoms with E-state index in [2.05, 4.69) is 10.4 Å². The fourth-order valence-corrected chi connectivity index (χ4v) is 5.06. The van der Waals surface area contributed by atoms with Gasteiger partial charge in [0.15, 0.2) is 0 Å². The van der Waals surface area contributed by atoms with Gasteiger partial charge in [0, 0.05) is 17.0 Å². The lowest BCUT2D eigenvalue weighted by Gasteiger charge is -2.12. The van der Waals surface area contributed by atoms with E-state index in [9.17, 15) is 17.6 Å². The van der Waals surface area contributed by atoms with Crippen LogP contribution in [0.25, 0.3) is 22.0 Å². The minimum absolute atomic E-state index is 0.148. The number of carbonyl (C=O) groups excluding carboxylic acids is 1. The van der Waals surface area contributed by atoms with Crippen LogP contribution < -0.4 is 5.32 Å². The van der Waals surface area contributed by atoms with Crippen molar-refractivity contribution in [3.05, 3.63) is 83.3 Å².